The van der Waals surface area contributed by atoms with Gasteiger partial charge in [-0.05, 0) is 49.4 Å². The van der Waals surface area contributed by atoms with Gasteiger partial charge in [0.1, 0.15) is 0 Å². The second-order valence-electron chi connectivity index (χ2n) is 8.23. The molecule has 134 valence electrons. The molecule has 1 heterocycles. The molecule has 0 aromatic carbocycles. The maximum absolute atomic E-state index is 11.7. The number of aliphatic hydroxyl groups is 2. The van der Waals surface area contributed by atoms with Crippen LogP contribution >= 0.6 is 0 Å². The minimum atomic E-state index is -0.450. The largest absolute Gasteiger partial charge is 0.462 e. The van der Waals surface area contributed by atoms with Gasteiger partial charge in [0.15, 0.2) is 0 Å². The van der Waals surface area contributed by atoms with Crippen molar-refractivity contribution in [1.82, 2.24) is 0 Å². The third kappa shape index (κ3) is 2.84. The van der Waals surface area contributed by atoms with E-state index in [1.54, 1.807) is 0 Å². The molecule has 2 N–H and O–H groups in total. The molecule has 0 aromatic heterocycles. The summed E-state index contributed by atoms with van der Waals surface area (Å²) in [4.78, 5) is 11.7. The van der Waals surface area contributed by atoms with E-state index in [4.69, 9.17) is 4.74 Å². The number of ether oxygens (including phenoxy) is 1. The van der Waals surface area contributed by atoms with Crippen molar-refractivity contribution >= 4 is 5.97 Å². The Morgan fingerprint density at radius 2 is 2.17 bits per heavy atom. The second-order valence-corrected chi connectivity index (χ2v) is 8.23. The van der Waals surface area contributed by atoms with E-state index in [2.05, 4.69) is 13.5 Å². The first-order valence-corrected chi connectivity index (χ1v) is 9.21. The minimum Gasteiger partial charge on any atom is -0.462 e. The van der Waals surface area contributed by atoms with Gasteiger partial charge in [-0.25, -0.2) is 4.79 Å². The lowest BCUT2D eigenvalue weighted by Crippen LogP contribution is -2.55. The van der Waals surface area contributed by atoms with E-state index in [9.17, 15) is 15.0 Å². The zero-order chi connectivity index (χ0) is 17.5. The van der Waals surface area contributed by atoms with Crippen LogP contribution in [0.3, 0.4) is 0 Å². The van der Waals surface area contributed by atoms with Gasteiger partial charge in [-0.2, -0.15) is 0 Å². The van der Waals surface area contributed by atoms with Gasteiger partial charge in [-0.1, -0.05) is 32.1 Å². The van der Waals surface area contributed by atoms with Crippen LogP contribution in [-0.2, 0) is 9.53 Å². The van der Waals surface area contributed by atoms with Crippen LogP contribution in [0.25, 0.3) is 0 Å². The molecule has 2 saturated carbocycles. The first kappa shape index (κ1) is 17.7. The molecule has 0 bridgehead atoms. The highest BCUT2D eigenvalue weighted by Crippen LogP contribution is 2.56. The Hall–Kier alpha value is -1.13. The van der Waals surface area contributed by atoms with Gasteiger partial charge in [-0.3, -0.25) is 0 Å². The number of cyclic esters (lactones) is 1. The van der Waals surface area contributed by atoms with Gasteiger partial charge >= 0.3 is 5.97 Å². The van der Waals surface area contributed by atoms with Crippen LogP contribution in [0.4, 0.5) is 0 Å². The summed E-state index contributed by atoms with van der Waals surface area (Å²) >= 11 is 0. The molecule has 0 aromatic rings. The molecule has 4 nitrogen and oxygen atoms in total. The maximum Gasteiger partial charge on any atom is 0.333 e. The molecule has 6 atom stereocenters. The number of carbonyl (C=O) groups is 1. The number of hydrogen-bond donors (Lipinski definition) is 2. The molecule has 4 heteroatoms. The van der Waals surface area contributed by atoms with E-state index >= 15 is 0 Å². The second kappa shape index (κ2) is 6.64. The van der Waals surface area contributed by atoms with Crippen LogP contribution in [0.15, 0.2) is 23.8 Å². The summed E-state index contributed by atoms with van der Waals surface area (Å²) in [6, 6.07) is 0. The van der Waals surface area contributed by atoms with E-state index in [0.29, 0.717) is 36.7 Å². The molecule has 0 radical (unpaired) electrons. The van der Waals surface area contributed by atoms with E-state index in [1.165, 1.54) is 5.57 Å². The van der Waals surface area contributed by atoms with Gasteiger partial charge in [0.05, 0.1) is 19.3 Å². The van der Waals surface area contributed by atoms with E-state index in [1.807, 2.05) is 13.0 Å². The summed E-state index contributed by atoms with van der Waals surface area (Å²) in [5.74, 6) is 1.23. The molecule has 24 heavy (non-hydrogen) atoms. The third-order valence-corrected chi connectivity index (χ3v) is 6.92. The van der Waals surface area contributed by atoms with Crippen molar-refractivity contribution in [3.8, 4) is 0 Å². The van der Waals surface area contributed by atoms with Crippen LogP contribution in [0, 0.1) is 29.1 Å². The Bertz CT molecular complexity index is 552. The van der Waals surface area contributed by atoms with Crippen molar-refractivity contribution in [1.29, 1.82) is 0 Å². The van der Waals surface area contributed by atoms with Gasteiger partial charge in [0.2, 0.25) is 0 Å². The molecule has 2 aliphatic carbocycles. The Morgan fingerprint density at radius 1 is 1.42 bits per heavy atom. The number of fused-ring (bicyclic) bond motifs is 1. The molecule has 5 unspecified atom stereocenters. The maximum atomic E-state index is 11.7. The van der Waals surface area contributed by atoms with Crippen molar-refractivity contribution in [2.75, 3.05) is 13.2 Å². The van der Waals surface area contributed by atoms with Crippen molar-refractivity contribution in [3.05, 3.63) is 23.8 Å². The minimum absolute atomic E-state index is 0.0225. The molecule has 1 saturated heterocycles. The lowest BCUT2D eigenvalue weighted by molar-refractivity contribution is -0.135. The fourth-order valence-corrected chi connectivity index (χ4v) is 5.31. The zero-order valence-electron chi connectivity index (χ0n) is 14.8. The molecule has 3 fully saturated rings. The predicted octanol–water partition coefficient (Wildman–Crippen LogP) is 2.85. The molecule has 3 aliphatic rings. The summed E-state index contributed by atoms with van der Waals surface area (Å²) in [6.45, 7) is 9.06. The van der Waals surface area contributed by atoms with Gasteiger partial charge < -0.3 is 14.9 Å². The standard InChI is InChI=1S/C20H30O4/c1-12-4-7-16-18(13(2)10-17(22)20(16,3)11-21)15(12)6-5-14-8-9-24-19(14)23/h5,13,15-18,21-22H,1,4,6-11H2,2-3H3/b14-5+/t13-,15?,16?,17?,18?,20?/m0/s1. The highest BCUT2D eigenvalue weighted by molar-refractivity contribution is 5.90. The number of carbonyl (C=O) groups excluding carboxylic acids is 1. The molecular weight excluding hydrogens is 304 g/mol. The number of esters is 1. The number of rotatable bonds is 3. The van der Waals surface area contributed by atoms with Crippen LogP contribution in [0.1, 0.15) is 46.0 Å². The topological polar surface area (TPSA) is 66.8 Å². The molecule has 1 aliphatic heterocycles. The summed E-state index contributed by atoms with van der Waals surface area (Å²) in [6.07, 6.45) is 5.75. The smallest absolute Gasteiger partial charge is 0.333 e. The normalized spacial score (nSPS) is 44.5. The van der Waals surface area contributed by atoms with Crippen molar-refractivity contribution < 1.29 is 19.7 Å². The quantitative estimate of drug-likeness (QED) is 0.473. The zero-order valence-corrected chi connectivity index (χ0v) is 14.8. The van der Waals surface area contributed by atoms with E-state index in [0.717, 1.165) is 31.3 Å². The molecule has 3 rings (SSSR count). The van der Waals surface area contributed by atoms with E-state index < -0.39 is 11.5 Å². The first-order valence-electron chi connectivity index (χ1n) is 9.21. The first-order chi connectivity index (χ1) is 11.4. The molecular formula is C20H30O4. The van der Waals surface area contributed by atoms with Crippen LogP contribution in [0.2, 0.25) is 0 Å². The summed E-state index contributed by atoms with van der Waals surface area (Å²) in [5, 5.41) is 20.6. The monoisotopic (exact) mass is 334 g/mol. The number of allylic oxidation sites excluding steroid dienone is 2. The Balaban J connectivity index is 1.85. The summed E-state index contributed by atoms with van der Waals surface area (Å²) in [7, 11) is 0. The highest BCUT2D eigenvalue weighted by atomic mass is 16.5. The fraction of sp³-hybridized carbons (Fsp3) is 0.750. The van der Waals surface area contributed by atoms with Crippen molar-refractivity contribution in [2.45, 2.75) is 52.1 Å². The predicted molar refractivity (Wildman–Crippen MR) is 92.1 cm³/mol. The summed E-state index contributed by atoms with van der Waals surface area (Å²) < 4.78 is 5.03. The fourth-order valence-electron chi connectivity index (χ4n) is 5.31. The van der Waals surface area contributed by atoms with Gasteiger partial charge in [0.25, 0.3) is 0 Å². The van der Waals surface area contributed by atoms with Crippen molar-refractivity contribution in [3.63, 3.8) is 0 Å². The van der Waals surface area contributed by atoms with Gasteiger partial charge in [-0.15, -0.1) is 0 Å². The Kier molecular flexibility index (Phi) is 4.89. The lowest BCUT2D eigenvalue weighted by Gasteiger charge is -2.56. The molecule has 0 spiro atoms. The highest BCUT2D eigenvalue weighted by Gasteiger charge is 2.53. The summed E-state index contributed by atoms with van der Waals surface area (Å²) in [5.41, 5.74) is 1.61. The lowest BCUT2D eigenvalue weighted by atomic mass is 9.50. The van der Waals surface area contributed by atoms with Crippen LogP contribution in [-0.4, -0.2) is 35.5 Å². The van der Waals surface area contributed by atoms with Crippen LogP contribution in [0.5, 0.6) is 0 Å². The van der Waals surface area contributed by atoms with Crippen LogP contribution < -0.4 is 0 Å². The Morgan fingerprint density at radius 3 is 2.79 bits per heavy atom. The average Bonchev–Trinajstić information content (AvgIpc) is 2.96. The number of aliphatic hydroxyl groups excluding tert-OH is 2. The third-order valence-electron chi connectivity index (χ3n) is 6.92. The Labute approximate surface area is 144 Å². The number of hydrogen-bond acceptors (Lipinski definition) is 4. The van der Waals surface area contributed by atoms with Gasteiger partial charge in [0, 0.05) is 17.4 Å². The average molecular weight is 334 g/mol. The molecule has 0 amide bonds. The van der Waals surface area contributed by atoms with E-state index in [-0.39, 0.29) is 12.6 Å². The SMILES string of the molecule is C=C1CCC2C(C1C/C=C1\CCOC1=O)[C@@H](C)CC(O)C2(C)CO. The van der Waals surface area contributed by atoms with Crippen molar-refractivity contribution in [2.24, 2.45) is 29.1 Å².